The van der Waals surface area contributed by atoms with Crippen molar-refractivity contribution in [2.24, 2.45) is 0 Å². The van der Waals surface area contributed by atoms with E-state index in [4.69, 9.17) is 4.74 Å². The van der Waals surface area contributed by atoms with Gasteiger partial charge in [0.2, 0.25) is 0 Å². The number of benzene rings is 1. The zero-order valence-electron chi connectivity index (χ0n) is 10.6. The zero-order valence-corrected chi connectivity index (χ0v) is 10.6. The normalized spacial score (nSPS) is 10.1. The summed E-state index contributed by atoms with van der Waals surface area (Å²) in [7, 11) is 0. The van der Waals surface area contributed by atoms with E-state index >= 15 is 0 Å². The van der Waals surface area contributed by atoms with Crippen molar-refractivity contribution in [2.75, 3.05) is 11.9 Å². The fourth-order valence-corrected chi connectivity index (χ4v) is 1.28. The third kappa shape index (κ3) is 5.24. The molecule has 0 unspecified atom stereocenters. The van der Waals surface area contributed by atoms with Crippen molar-refractivity contribution >= 4 is 11.7 Å². The standard InChI is InChI=1S/C13H20N2O2/c1-4-9-17-12-7-5-11(6-8-12)15-13(16)14-10(2)3/h5-8,10H,4,9H2,1-3H3,(H2,14,15,16). The minimum absolute atomic E-state index is 0.127. The maximum atomic E-state index is 11.4. The van der Waals surface area contributed by atoms with Crippen LogP contribution in [0.5, 0.6) is 5.75 Å². The summed E-state index contributed by atoms with van der Waals surface area (Å²) in [5, 5.41) is 5.51. The maximum Gasteiger partial charge on any atom is 0.319 e. The van der Waals surface area contributed by atoms with Gasteiger partial charge in [0.1, 0.15) is 5.75 Å². The average molecular weight is 236 g/mol. The van der Waals surface area contributed by atoms with Crippen molar-refractivity contribution in [3.05, 3.63) is 24.3 Å². The number of urea groups is 1. The number of carbonyl (C=O) groups excluding carboxylic acids is 1. The minimum Gasteiger partial charge on any atom is -0.494 e. The van der Waals surface area contributed by atoms with Crippen LogP contribution < -0.4 is 15.4 Å². The Balaban J connectivity index is 2.47. The third-order valence-corrected chi connectivity index (χ3v) is 2.00. The van der Waals surface area contributed by atoms with Crippen LogP contribution in [0.15, 0.2) is 24.3 Å². The molecule has 1 aromatic carbocycles. The lowest BCUT2D eigenvalue weighted by Crippen LogP contribution is -2.34. The quantitative estimate of drug-likeness (QED) is 0.825. The molecular weight excluding hydrogens is 216 g/mol. The molecule has 0 spiro atoms. The molecule has 4 heteroatoms. The van der Waals surface area contributed by atoms with Crippen LogP contribution in [-0.2, 0) is 0 Å². The fraction of sp³-hybridized carbons (Fsp3) is 0.462. The lowest BCUT2D eigenvalue weighted by atomic mass is 10.3. The molecule has 0 fully saturated rings. The first-order valence-electron chi connectivity index (χ1n) is 5.92. The van der Waals surface area contributed by atoms with E-state index < -0.39 is 0 Å². The molecule has 0 saturated carbocycles. The molecule has 0 radical (unpaired) electrons. The van der Waals surface area contributed by atoms with E-state index in [9.17, 15) is 4.79 Å². The van der Waals surface area contributed by atoms with Crippen molar-refractivity contribution in [1.29, 1.82) is 0 Å². The minimum atomic E-state index is -0.192. The summed E-state index contributed by atoms with van der Waals surface area (Å²) >= 11 is 0. The average Bonchev–Trinajstić information content (AvgIpc) is 2.27. The number of ether oxygens (including phenoxy) is 1. The van der Waals surface area contributed by atoms with Gasteiger partial charge in [0, 0.05) is 11.7 Å². The van der Waals surface area contributed by atoms with E-state index in [0.29, 0.717) is 6.61 Å². The zero-order chi connectivity index (χ0) is 12.7. The van der Waals surface area contributed by atoms with Gasteiger partial charge in [-0.1, -0.05) is 6.92 Å². The molecule has 0 atom stereocenters. The smallest absolute Gasteiger partial charge is 0.319 e. The van der Waals surface area contributed by atoms with Gasteiger partial charge in [0.25, 0.3) is 0 Å². The number of anilines is 1. The number of carbonyl (C=O) groups is 1. The lowest BCUT2D eigenvalue weighted by molar-refractivity contribution is 0.250. The van der Waals surface area contributed by atoms with E-state index in [0.717, 1.165) is 17.9 Å². The molecule has 0 aliphatic rings. The second-order valence-electron chi connectivity index (χ2n) is 4.13. The van der Waals surface area contributed by atoms with Crippen molar-refractivity contribution in [1.82, 2.24) is 5.32 Å². The fourth-order valence-electron chi connectivity index (χ4n) is 1.28. The summed E-state index contributed by atoms with van der Waals surface area (Å²) in [6.07, 6.45) is 0.983. The molecule has 94 valence electrons. The number of hydrogen-bond acceptors (Lipinski definition) is 2. The summed E-state index contributed by atoms with van der Waals surface area (Å²) in [6.45, 7) is 6.61. The van der Waals surface area contributed by atoms with Crippen molar-refractivity contribution < 1.29 is 9.53 Å². The van der Waals surface area contributed by atoms with Crippen LogP contribution >= 0.6 is 0 Å². The first kappa shape index (κ1) is 13.4. The van der Waals surface area contributed by atoms with Crippen LogP contribution in [0.25, 0.3) is 0 Å². The van der Waals surface area contributed by atoms with Crippen LogP contribution in [0, 0.1) is 0 Å². The maximum absolute atomic E-state index is 11.4. The molecule has 0 heterocycles. The van der Waals surface area contributed by atoms with Gasteiger partial charge in [0.05, 0.1) is 6.61 Å². The Hall–Kier alpha value is -1.71. The largest absolute Gasteiger partial charge is 0.494 e. The van der Waals surface area contributed by atoms with Crippen molar-refractivity contribution in [2.45, 2.75) is 33.2 Å². The Kier molecular flexibility index (Phi) is 5.33. The Morgan fingerprint density at radius 3 is 2.47 bits per heavy atom. The highest BCUT2D eigenvalue weighted by atomic mass is 16.5. The predicted molar refractivity (Wildman–Crippen MR) is 69.5 cm³/mol. The molecule has 0 aliphatic carbocycles. The highest BCUT2D eigenvalue weighted by Gasteiger charge is 2.03. The van der Waals surface area contributed by atoms with Crippen molar-refractivity contribution in [3.63, 3.8) is 0 Å². The van der Waals surface area contributed by atoms with Crippen LogP contribution in [0.1, 0.15) is 27.2 Å². The molecule has 2 N–H and O–H groups in total. The Morgan fingerprint density at radius 1 is 1.29 bits per heavy atom. The van der Waals surface area contributed by atoms with Gasteiger partial charge in [-0.2, -0.15) is 0 Å². The molecule has 0 bridgehead atoms. The third-order valence-electron chi connectivity index (χ3n) is 2.00. The summed E-state index contributed by atoms with van der Waals surface area (Å²) in [5.41, 5.74) is 0.756. The number of nitrogens with one attached hydrogen (secondary N) is 2. The van der Waals surface area contributed by atoms with Gasteiger partial charge in [-0.25, -0.2) is 4.79 Å². The topological polar surface area (TPSA) is 50.4 Å². The van der Waals surface area contributed by atoms with Crippen LogP contribution in [-0.4, -0.2) is 18.7 Å². The predicted octanol–water partition coefficient (Wildman–Crippen LogP) is 3.01. The molecule has 2 amide bonds. The first-order valence-corrected chi connectivity index (χ1v) is 5.92. The number of hydrogen-bond donors (Lipinski definition) is 2. The molecule has 4 nitrogen and oxygen atoms in total. The molecule has 0 aromatic heterocycles. The summed E-state index contributed by atoms with van der Waals surface area (Å²) in [6, 6.07) is 7.28. The van der Waals surface area contributed by atoms with E-state index in [-0.39, 0.29) is 12.1 Å². The Labute approximate surface area is 102 Å². The lowest BCUT2D eigenvalue weighted by Gasteiger charge is -2.10. The summed E-state index contributed by atoms with van der Waals surface area (Å²) in [4.78, 5) is 11.4. The van der Waals surface area contributed by atoms with Gasteiger partial charge in [-0.15, -0.1) is 0 Å². The van der Waals surface area contributed by atoms with Crippen LogP contribution in [0.4, 0.5) is 10.5 Å². The molecule has 0 aliphatic heterocycles. The summed E-state index contributed by atoms with van der Waals surface area (Å²) < 4.78 is 5.45. The van der Waals surface area contributed by atoms with E-state index in [1.165, 1.54) is 0 Å². The highest BCUT2D eigenvalue weighted by molar-refractivity contribution is 5.89. The number of amides is 2. The molecular formula is C13H20N2O2. The monoisotopic (exact) mass is 236 g/mol. The van der Waals surface area contributed by atoms with Crippen LogP contribution in [0.3, 0.4) is 0 Å². The van der Waals surface area contributed by atoms with Gasteiger partial charge >= 0.3 is 6.03 Å². The summed E-state index contributed by atoms with van der Waals surface area (Å²) in [5.74, 6) is 0.821. The van der Waals surface area contributed by atoms with E-state index in [1.54, 1.807) is 0 Å². The second kappa shape index (κ2) is 6.78. The Bertz CT molecular complexity index is 347. The first-order chi connectivity index (χ1) is 8.11. The molecule has 1 rings (SSSR count). The van der Waals surface area contributed by atoms with E-state index in [2.05, 4.69) is 17.6 Å². The van der Waals surface area contributed by atoms with Gasteiger partial charge in [-0.05, 0) is 44.5 Å². The van der Waals surface area contributed by atoms with Crippen LogP contribution in [0.2, 0.25) is 0 Å². The second-order valence-corrected chi connectivity index (χ2v) is 4.13. The van der Waals surface area contributed by atoms with E-state index in [1.807, 2.05) is 38.1 Å². The van der Waals surface area contributed by atoms with Gasteiger partial charge in [-0.3, -0.25) is 0 Å². The Morgan fingerprint density at radius 2 is 1.94 bits per heavy atom. The highest BCUT2D eigenvalue weighted by Crippen LogP contribution is 2.15. The van der Waals surface area contributed by atoms with Gasteiger partial charge in [0.15, 0.2) is 0 Å². The molecule has 17 heavy (non-hydrogen) atoms. The van der Waals surface area contributed by atoms with Crippen molar-refractivity contribution in [3.8, 4) is 5.75 Å². The number of rotatable bonds is 5. The molecule has 1 aromatic rings. The SMILES string of the molecule is CCCOc1ccc(NC(=O)NC(C)C)cc1. The molecule has 0 saturated heterocycles. The van der Waals surface area contributed by atoms with Gasteiger partial charge < -0.3 is 15.4 Å².